The molecule has 0 amide bonds. The second kappa shape index (κ2) is 7.06. The minimum atomic E-state index is -4.38. The predicted molar refractivity (Wildman–Crippen MR) is 84.0 cm³/mol. The van der Waals surface area contributed by atoms with Crippen LogP contribution in [0.5, 0.6) is 0 Å². The van der Waals surface area contributed by atoms with Crippen LogP contribution in [-0.2, 0) is 16.4 Å². The first-order valence-corrected chi connectivity index (χ1v) is 8.39. The van der Waals surface area contributed by atoms with Crippen LogP contribution >= 0.6 is 11.8 Å². The second-order valence-corrected chi connectivity index (χ2v) is 6.51. The molecule has 10 nitrogen and oxygen atoms in total. The van der Waals surface area contributed by atoms with Crippen molar-refractivity contribution in [3.05, 3.63) is 31.9 Å². The SMILES string of the molecule is CCCN(Cl)c1c([N+](=O)[O-])cc(S(N)(=O)=O)c(CC)c1[N+](=O)[O-]. The van der Waals surface area contributed by atoms with Crippen molar-refractivity contribution < 1.29 is 18.3 Å². The van der Waals surface area contributed by atoms with Gasteiger partial charge in [-0.15, -0.1) is 0 Å². The third-order valence-electron chi connectivity index (χ3n) is 3.02. The Morgan fingerprint density at radius 1 is 1.26 bits per heavy atom. The first kappa shape index (κ1) is 19.1. The number of hydrogen-bond donors (Lipinski definition) is 1. The van der Waals surface area contributed by atoms with Gasteiger partial charge in [0.15, 0.2) is 0 Å². The van der Waals surface area contributed by atoms with E-state index in [0.29, 0.717) is 12.5 Å². The number of rotatable bonds is 7. The first-order chi connectivity index (χ1) is 10.6. The van der Waals surface area contributed by atoms with E-state index < -0.39 is 41.8 Å². The van der Waals surface area contributed by atoms with Gasteiger partial charge in [0, 0.05) is 24.4 Å². The van der Waals surface area contributed by atoms with Crippen molar-refractivity contribution in [2.24, 2.45) is 5.14 Å². The van der Waals surface area contributed by atoms with Crippen molar-refractivity contribution in [1.82, 2.24) is 0 Å². The summed E-state index contributed by atoms with van der Waals surface area (Å²) in [6.45, 7) is 3.30. The van der Waals surface area contributed by atoms with Gasteiger partial charge in [-0.3, -0.25) is 24.6 Å². The number of anilines is 1. The highest BCUT2D eigenvalue weighted by Crippen LogP contribution is 2.44. The van der Waals surface area contributed by atoms with Gasteiger partial charge in [-0.1, -0.05) is 13.8 Å². The van der Waals surface area contributed by atoms with Crippen LogP contribution in [0.4, 0.5) is 17.1 Å². The Balaban J connectivity index is 4.01. The quantitative estimate of drug-likeness (QED) is 0.440. The average molecular weight is 367 g/mol. The molecule has 0 saturated carbocycles. The first-order valence-electron chi connectivity index (χ1n) is 6.50. The molecule has 2 N–H and O–H groups in total. The number of hydrogen-bond acceptors (Lipinski definition) is 7. The highest BCUT2D eigenvalue weighted by atomic mass is 35.5. The van der Waals surface area contributed by atoms with Crippen molar-refractivity contribution in [2.45, 2.75) is 31.6 Å². The lowest BCUT2D eigenvalue weighted by atomic mass is 10.1. The Morgan fingerprint density at radius 2 is 1.83 bits per heavy atom. The van der Waals surface area contributed by atoms with E-state index in [2.05, 4.69) is 0 Å². The fourth-order valence-corrected chi connectivity index (χ4v) is 3.34. The topological polar surface area (TPSA) is 150 Å². The Morgan fingerprint density at radius 3 is 2.17 bits per heavy atom. The molecule has 0 heterocycles. The zero-order chi connectivity index (χ0) is 17.9. The Bertz CT molecular complexity index is 751. The summed E-state index contributed by atoms with van der Waals surface area (Å²) in [4.78, 5) is 20.2. The molecule has 0 spiro atoms. The number of benzene rings is 1. The highest BCUT2D eigenvalue weighted by molar-refractivity contribution is 7.89. The lowest BCUT2D eigenvalue weighted by molar-refractivity contribution is -0.393. The number of nitrogens with zero attached hydrogens (tertiary/aromatic N) is 3. The average Bonchev–Trinajstić information content (AvgIpc) is 2.43. The smallest absolute Gasteiger partial charge is 0.273 e. The normalized spacial score (nSPS) is 11.3. The van der Waals surface area contributed by atoms with E-state index in [4.69, 9.17) is 16.9 Å². The van der Waals surface area contributed by atoms with Gasteiger partial charge in [0.2, 0.25) is 15.7 Å². The summed E-state index contributed by atoms with van der Waals surface area (Å²) in [6, 6.07) is 0.710. The predicted octanol–water partition coefficient (Wildman–Crippen LogP) is 2.08. The molecule has 1 aromatic carbocycles. The molecule has 0 aliphatic carbocycles. The second-order valence-electron chi connectivity index (χ2n) is 4.57. The lowest BCUT2D eigenvalue weighted by Gasteiger charge is -2.17. The van der Waals surface area contributed by atoms with Crippen molar-refractivity contribution >= 4 is 38.9 Å². The molecule has 0 aromatic heterocycles. The van der Waals surface area contributed by atoms with E-state index in [1.165, 1.54) is 6.92 Å². The fourth-order valence-electron chi connectivity index (χ4n) is 2.14. The van der Waals surface area contributed by atoms with E-state index in [1.54, 1.807) is 6.92 Å². The summed E-state index contributed by atoms with van der Waals surface area (Å²) < 4.78 is 24.2. The molecule has 128 valence electrons. The molecule has 12 heteroatoms. The molecule has 1 rings (SSSR count). The molecular weight excluding hydrogens is 352 g/mol. The van der Waals surface area contributed by atoms with Crippen LogP contribution < -0.4 is 9.56 Å². The summed E-state index contributed by atoms with van der Waals surface area (Å²) in [5, 5.41) is 27.7. The van der Waals surface area contributed by atoms with Gasteiger partial charge in [-0.05, 0) is 12.8 Å². The van der Waals surface area contributed by atoms with Gasteiger partial charge in [0.05, 0.1) is 20.3 Å². The Hall–Kier alpha value is -1.98. The number of halogens is 1. The largest absolute Gasteiger partial charge is 0.305 e. The molecular formula is C11H15ClN4O6S. The van der Waals surface area contributed by atoms with E-state index in [0.717, 1.165) is 4.42 Å². The van der Waals surface area contributed by atoms with E-state index >= 15 is 0 Å². The van der Waals surface area contributed by atoms with E-state index in [-0.39, 0.29) is 18.5 Å². The zero-order valence-electron chi connectivity index (χ0n) is 12.4. The molecule has 0 fully saturated rings. The Labute approximate surface area is 137 Å². The number of primary sulfonamides is 1. The van der Waals surface area contributed by atoms with Gasteiger partial charge >= 0.3 is 11.4 Å². The van der Waals surface area contributed by atoms with Crippen LogP contribution in [-0.4, -0.2) is 24.8 Å². The summed E-state index contributed by atoms with van der Waals surface area (Å²) in [5.41, 5.74) is -2.19. The zero-order valence-corrected chi connectivity index (χ0v) is 13.9. The summed E-state index contributed by atoms with van der Waals surface area (Å²) >= 11 is 5.94. The number of nitro benzene ring substituents is 2. The minimum Gasteiger partial charge on any atom is -0.273 e. The van der Waals surface area contributed by atoms with Crippen molar-refractivity contribution in [3.8, 4) is 0 Å². The van der Waals surface area contributed by atoms with E-state index in [1.807, 2.05) is 0 Å². The Kier molecular flexibility index (Phi) is 5.86. The minimum absolute atomic E-state index is 0.0656. The van der Waals surface area contributed by atoms with Gasteiger partial charge in [-0.2, -0.15) is 0 Å². The molecule has 0 saturated heterocycles. The highest BCUT2D eigenvalue weighted by Gasteiger charge is 2.36. The summed E-state index contributed by atoms with van der Waals surface area (Å²) in [7, 11) is -4.38. The third kappa shape index (κ3) is 3.86. The maximum absolute atomic E-state index is 11.7. The van der Waals surface area contributed by atoms with Gasteiger partial charge < -0.3 is 0 Å². The van der Waals surface area contributed by atoms with Gasteiger partial charge in [-0.25, -0.2) is 13.6 Å². The molecule has 0 aliphatic rings. The maximum Gasteiger partial charge on any atom is 0.305 e. The summed E-state index contributed by atoms with van der Waals surface area (Å²) in [6.07, 6.45) is 0.403. The molecule has 23 heavy (non-hydrogen) atoms. The van der Waals surface area contributed by atoms with Gasteiger partial charge in [0.25, 0.3) is 0 Å². The molecule has 0 unspecified atom stereocenters. The van der Waals surface area contributed by atoms with Crippen LogP contribution in [0.1, 0.15) is 25.8 Å². The summed E-state index contributed by atoms with van der Waals surface area (Å²) in [5.74, 6) is 0. The van der Waals surface area contributed by atoms with Crippen molar-refractivity contribution in [3.63, 3.8) is 0 Å². The number of nitro groups is 2. The van der Waals surface area contributed by atoms with Crippen LogP contribution in [0, 0.1) is 20.2 Å². The fraction of sp³-hybridized carbons (Fsp3) is 0.455. The van der Waals surface area contributed by atoms with Crippen LogP contribution in [0.15, 0.2) is 11.0 Å². The lowest BCUT2D eigenvalue weighted by Crippen LogP contribution is -2.20. The van der Waals surface area contributed by atoms with Crippen molar-refractivity contribution in [1.29, 1.82) is 0 Å². The standard InChI is InChI=1S/C11H15ClN4O6S/c1-3-5-14(12)11-8(15(17)18)6-9(23(13,21)22)7(4-2)10(11)16(19)20/h6H,3-5H2,1-2H3,(H2,13,21,22). The van der Waals surface area contributed by atoms with Crippen LogP contribution in [0.2, 0.25) is 0 Å². The van der Waals surface area contributed by atoms with Crippen LogP contribution in [0.3, 0.4) is 0 Å². The van der Waals surface area contributed by atoms with Gasteiger partial charge in [0.1, 0.15) is 0 Å². The van der Waals surface area contributed by atoms with Crippen LogP contribution in [0.25, 0.3) is 0 Å². The molecule has 0 bridgehead atoms. The van der Waals surface area contributed by atoms with Crippen molar-refractivity contribution in [2.75, 3.05) is 11.0 Å². The maximum atomic E-state index is 11.7. The molecule has 1 aromatic rings. The number of sulfonamides is 1. The molecule has 0 atom stereocenters. The monoisotopic (exact) mass is 366 g/mol. The van der Waals surface area contributed by atoms with E-state index in [9.17, 15) is 28.6 Å². The third-order valence-corrected chi connectivity index (χ3v) is 4.34. The molecule has 0 aliphatic heterocycles. The number of nitrogens with two attached hydrogens (primary N) is 1. The molecule has 0 radical (unpaired) electrons.